The Kier molecular flexibility index (Phi) is 9.18. The lowest BCUT2D eigenvalue weighted by Gasteiger charge is -2.41. The van der Waals surface area contributed by atoms with Gasteiger partial charge >= 0.3 is 0 Å². The van der Waals surface area contributed by atoms with E-state index in [4.69, 9.17) is 0 Å². The molecular formula is C11H29N3P2. The SMILES string of the molecule is CCN(CC)P(C)N(C)P(C)N(CC)CC. The Balaban J connectivity index is 4.45. The average Bonchev–Trinajstić information content (AvgIpc) is 2.30. The Hall–Kier alpha value is 0.740. The van der Waals surface area contributed by atoms with Crippen LogP contribution in [0.3, 0.4) is 0 Å². The zero-order chi connectivity index (χ0) is 12.7. The number of hydrogen-bond acceptors (Lipinski definition) is 3. The maximum atomic E-state index is 2.59. The van der Waals surface area contributed by atoms with Crippen LogP contribution >= 0.6 is 16.4 Å². The summed E-state index contributed by atoms with van der Waals surface area (Å²) in [4.78, 5) is 0. The zero-order valence-corrected chi connectivity index (χ0v) is 13.9. The van der Waals surface area contributed by atoms with Gasteiger partial charge in [0.2, 0.25) is 0 Å². The van der Waals surface area contributed by atoms with Crippen LogP contribution < -0.4 is 0 Å². The fourth-order valence-corrected chi connectivity index (χ4v) is 6.37. The van der Waals surface area contributed by atoms with Gasteiger partial charge < -0.3 is 0 Å². The van der Waals surface area contributed by atoms with Crippen molar-refractivity contribution in [3.63, 3.8) is 0 Å². The molecule has 0 heterocycles. The van der Waals surface area contributed by atoms with E-state index in [0.29, 0.717) is 0 Å². The number of nitrogens with zero attached hydrogens (tertiary/aromatic N) is 3. The van der Waals surface area contributed by atoms with Crippen LogP contribution in [0.15, 0.2) is 0 Å². The first-order chi connectivity index (χ1) is 7.53. The van der Waals surface area contributed by atoms with E-state index in [1.54, 1.807) is 0 Å². The molecule has 0 aromatic carbocycles. The number of hydrogen-bond donors (Lipinski definition) is 0. The van der Waals surface area contributed by atoms with Gasteiger partial charge in [0.05, 0.1) is 0 Å². The highest BCUT2D eigenvalue weighted by Crippen LogP contribution is 2.54. The summed E-state index contributed by atoms with van der Waals surface area (Å²) in [5, 5.41) is 0. The van der Waals surface area contributed by atoms with Gasteiger partial charge in [-0.15, -0.1) is 0 Å². The standard InChI is InChI=1S/C11H29N3P2/c1-8-13(9-2)15(6)12(5)16(7)14(10-3)11-4/h8-11H2,1-7H3. The Morgan fingerprint density at radius 3 is 1.12 bits per heavy atom. The van der Waals surface area contributed by atoms with Crippen LogP contribution in [0.5, 0.6) is 0 Å². The van der Waals surface area contributed by atoms with Crippen molar-refractivity contribution in [1.29, 1.82) is 0 Å². The van der Waals surface area contributed by atoms with Crippen LogP contribution in [0.1, 0.15) is 27.7 Å². The van der Waals surface area contributed by atoms with E-state index in [9.17, 15) is 0 Å². The van der Waals surface area contributed by atoms with E-state index in [1.807, 2.05) is 0 Å². The Morgan fingerprint density at radius 1 is 0.688 bits per heavy atom. The zero-order valence-electron chi connectivity index (χ0n) is 12.1. The summed E-state index contributed by atoms with van der Waals surface area (Å²) in [5.41, 5.74) is 0. The van der Waals surface area contributed by atoms with Crippen molar-refractivity contribution in [3.8, 4) is 0 Å². The van der Waals surface area contributed by atoms with E-state index in [2.05, 4.69) is 61.9 Å². The minimum absolute atomic E-state index is 0.135. The lowest BCUT2D eigenvalue weighted by Crippen LogP contribution is -2.28. The molecule has 0 rings (SSSR count). The summed E-state index contributed by atoms with van der Waals surface area (Å²) in [7, 11) is 2.02. The molecule has 0 bridgehead atoms. The Morgan fingerprint density at radius 2 is 0.938 bits per heavy atom. The molecule has 0 saturated heterocycles. The highest BCUT2D eigenvalue weighted by atomic mass is 31.2. The topological polar surface area (TPSA) is 9.72 Å². The Labute approximate surface area is 105 Å². The fraction of sp³-hybridized carbons (Fsp3) is 1.00. The van der Waals surface area contributed by atoms with Gasteiger partial charge in [-0.1, -0.05) is 27.7 Å². The van der Waals surface area contributed by atoms with Crippen LogP contribution in [-0.4, -0.2) is 60.3 Å². The summed E-state index contributed by atoms with van der Waals surface area (Å²) in [6.45, 7) is 18.4. The highest BCUT2D eigenvalue weighted by Gasteiger charge is 2.23. The molecule has 0 aliphatic rings. The first-order valence-corrected chi connectivity index (χ1v) is 9.62. The molecule has 0 saturated carbocycles. The van der Waals surface area contributed by atoms with E-state index in [0.717, 1.165) is 26.2 Å². The molecule has 2 atom stereocenters. The van der Waals surface area contributed by atoms with Crippen molar-refractivity contribution in [2.24, 2.45) is 0 Å². The molecule has 0 amide bonds. The van der Waals surface area contributed by atoms with Crippen molar-refractivity contribution in [1.82, 2.24) is 13.8 Å². The molecule has 3 nitrogen and oxygen atoms in total. The molecule has 98 valence electrons. The second-order valence-electron chi connectivity index (χ2n) is 3.75. The summed E-state index contributed by atoms with van der Waals surface area (Å²) in [6, 6.07) is 0. The number of rotatable bonds is 8. The largest absolute Gasteiger partial charge is 0.270 e. The van der Waals surface area contributed by atoms with Gasteiger partial charge in [0.15, 0.2) is 0 Å². The summed E-state index contributed by atoms with van der Waals surface area (Å²) < 4.78 is 7.72. The molecule has 2 unspecified atom stereocenters. The van der Waals surface area contributed by atoms with Crippen molar-refractivity contribution in [2.75, 3.05) is 46.6 Å². The monoisotopic (exact) mass is 265 g/mol. The smallest absolute Gasteiger partial charge is 0.0406 e. The highest BCUT2D eigenvalue weighted by molar-refractivity contribution is 7.67. The predicted octanol–water partition coefficient (Wildman–Crippen LogP) is 3.49. The van der Waals surface area contributed by atoms with Crippen LogP contribution in [0, 0.1) is 0 Å². The molecule has 0 fully saturated rings. The summed E-state index contributed by atoms with van der Waals surface area (Å²) in [5.74, 6) is 0. The predicted molar refractivity (Wildman–Crippen MR) is 79.3 cm³/mol. The van der Waals surface area contributed by atoms with Gasteiger partial charge in [-0.2, -0.15) is 0 Å². The van der Waals surface area contributed by atoms with Crippen LogP contribution in [0.2, 0.25) is 0 Å². The molecule has 0 N–H and O–H groups in total. The molecular weight excluding hydrogens is 236 g/mol. The third-order valence-electron chi connectivity index (χ3n) is 3.12. The second kappa shape index (κ2) is 8.78. The van der Waals surface area contributed by atoms with Gasteiger partial charge in [0, 0.05) is 42.6 Å². The maximum Gasteiger partial charge on any atom is 0.0406 e. The van der Waals surface area contributed by atoms with Gasteiger partial charge in [0.1, 0.15) is 0 Å². The normalized spacial score (nSPS) is 16.1. The quantitative estimate of drug-likeness (QED) is 0.622. The molecule has 0 aliphatic heterocycles. The summed E-state index contributed by atoms with van der Waals surface area (Å²) >= 11 is 0. The molecule has 0 aliphatic carbocycles. The third kappa shape index (κ3) is 4.55. The molecule has 5 heteroatoms. The van der Waals surface area contributed by atoms with E-state index >= 15 is 0 Å². The van der Waals surface area contributed by atoms with Crippen LogP contribution in [0.25, 0.3) is 0 Å². The average molecular weight is 265 g/mol. The van der Waals surface area contributed by atoms with E-state index in [-0.39, 0.29) is 16.4 Å². The van der Waals surface area contributed by atoms with Crippen molar-refractivity contribution in [2.45, 2.75) is 27.7 Å². The van der Waals surface area contributed by atoms with Gasteiger partial charge in [-0.25, -0.2) is 4.44 Å². The van der Waals surface area contributed by atoms with E-state index in [1.165, 1.54) is 0 Å². The van der Waals surface area contributed by atoms with Gasteiger partial charge in [0.25, 0.3) is 0 Å². The van der Waals surface area contributed by atoms with Crippen LogP contribution in [0.4, 0.5) is 0 Å². The first-order valence-electron chi connectivity index (χ1n) is 6.23. The van der Waals surface area contributed by atoms with Crippen molar-refractivity contribution >= 4 is 16.4 Å². The fourth-order valence-electron chi connectivity index (χ4n) is 1.82. The van der Waals surface area contributed by atoms with Crippen molar-refractivity contribution < 1.29 is 0 Å². The second-order valence-corrected chi connectivity index (χ2v) is 8.35. The first kappa shape index (κ1) is 16.7. The Bertz CT molecular complexity index is 155. The lowest BCUT2D eigenvalue weighted by molar-refractivity contribution is 0.468. The van der Waals surface area contributed by atoms with Gasteiger partial charge in [-0.05, 0) is 20.4 Å². The minimum atomic E-state index is -0.135. The van der Waals surface area contributed by atoms with Crippen molar-refractivity contribution in [3.05, 3.63) is 0 Å². The van der Waals surface area contributed by atoms with Gasteiger partial charge in [-0.3, -0.25) is 9.34 Å². The van der Waals surface area contributed by atoms with Crippen LogP contribution in [-0.2, 0) is 0 Å². The molecule has 16 heavy (non-hydrogen) atoms. The lowest BCUT2D eigenvalue weighted by atomic mass is 10.7. The van der Waals surface area contributed by atoms with E-state index < -0.39 is 0 Å². The molecule has 0 aromatic rings. The third-order valence-corrected chi connectivity index (χ3v) is 9.11. The molecule has 0 spiro atoms. The summed E-state index contributed by atoms with van der Waals surface area (Å²) in [6.07, 6.45) is 0. The minimum Gasteiger partial charge on any atom is -0.270 e. The maximum absolute atomic E-state index is 2.59. The molecule has 0 radical (unpaired) electrons. The molecule has 0 aromatic heterocycles.